The molecule has 1 aliphatic rings. The van der Waals surface area contributed by atoms with Gasteiger partial charge in [-0.15, -0.1) is 0 Å². The van der Waals surface area contributed by atoms with Gasteiger partial charge < -0.3 is 5.73 Å². The molecular formula is C12H20N2S. The van der Waals surface area contributed by atoms with E-state index in [-0.39, 0.29) is 0 Å². The Morgan fingerprint density at radius 3 is 2.93 bits per heavy atom. The Bertz CT molecular complexity index is 278. The Labute approximate surface area is 96.1 Å². The van der Waals surface area contributed by atoms with Gasteiger partial charge in [0.2, 0.25) is 0 Å². The summed E-state index contributed by atoms with van der Waals surface area (Å²) in [5.74, 6) is 0. The van der Waals surface area contributed by atoms with Crippen molar-refractivity contribution < 1.29 is 0 Å². The van der Waals surface area contributed by atoms with E-state index in [4.69, 9.17) is 5.73 Å². The lowest BCUT2D eigenvalue weighted by Gasteiger charge is -2.22. The molecule has 1 atom stereocenters. The van der Waals surface area contributed by atoms with Crippen LogP contribution in [0.25, 0.3) is 0 Å². The number of thiophene rings is 1. The van der Waals surface area contributed by atoms with Gasteiger partial charge in [0.05, 0.1) is 0 Å². The lowest BCUT2D eigenvalue weighted by Crippen LogP contribution is -2.30. The van der Waals surface area contributed by atoms with Crippen molar-refractivity contribution in [2.24, 2.45) is 5.73 Å². The van der Waals surface area contributed by atoms with Gasteiger partial charge in [-0.05, 0) is 48.6 Å². The van der Waals surface area contributed by atoms with Crippen LogP contribution in [0.15, 0.2) is 16.8 Å². The smallest absolute Gasteiger partial charge is 0.0244 e. The first kappa shape index (κ1) is 11.1. The number of rotatable bonds is 6. The summed E-state index contributed by atoms with van der Waals surface area (Å²) < 4.78 is 0. The fourth-order valence-corrected chi connectivity index (χ4v) is 2.48. The van der Waals surface area contributed by atoms with Gasteiger partial charge in [0.15, 0.2) is 0 Å². The average Bonchev–Trinajstić information content (AvgIpc) is 2.91. The zero-order valence-electron chi connectivity index (χ0n) is 9.36. The maximum absolute atomic E-state index is 5.81. The number of nitrogens with two attached hydrogens (primary N) is 1. The van der Waals surface area contributed by atoms with Gasteiger partial charge in [-0.1, -0.05) is 0 Å². The van der Waals surface area contributed by atoms with E-state index in [1.807, 2.05) is 0 Å². The Morgan fingerprint density at radius 2 is 2.40 bits per heavy atom. The van der Waals surface area contributed by atoms with E-state index in [0.29, 0.717) is 6.04 Å². The zero-order valence-corrected chi connectivity index (χ0v) is 10.2. The van der Waals surface area contributed by atoms with Gasteiger partial charge >= 0.3 is 0 Å². The van der Waals surface area contributed by atoms with Crippen LogP contribution in [0.3, 0.4) is 0 Å². The standard InChI is InChI=1S/C12H20N2S/c1-10(13)4-6-14(12-2-3-12)8-11-5-7-15-9-11/h5,7,9-10,12H,2-4,6,8,13H2,1H3. The molecule has 1 saturated carbocycles. The van der Waals surface area contributed by atoms with Crippen LogP contribution in [0.2, 0.25) is 0 Å². The Kier molecular flexibility index (Phi) is 3.78. The summed E-state index contributed by atoms with van der Waals surface area (Å²) >= 11 is 1.79. The van der Waals surface area contributed by atoms with E-state index in [2.05, 4.69) is 28.7 Å². The van der Waals surface area contributed by atoms with E-state index >= 15 is 0 Å². The molecule has 1 aromatic rings. The summed E-state index contributed by atoms with van der Waals surface area (Å²) in [6.07, 6.45) is 3.87. The molecule has 2 nitrogen and oxygen atoms in total. The van der Waals surface area contributed by atoms with Crippen molar-refractivity contribution in [3.05, 3.63) is 22.4 Å². The fraction of sp³-hybridized carbons (Fsp3) is 0.667. The van der Waals surface area contributed by atoms with Gasteiger partial charge in [-0.3, -0.25) is 4.90 Å². The molecule has 0 spiro atoms. The molecule has 0 amide bonds. The monoisotopic (exact) mass is 224 g/mol. The quantitative estimate of drug-likeness (QED) is 0.804. The second-order valence-electron chi connectivity index (χ2n) is 4.60. The summed E-state index contributed by atoms with van der Waals surface area (Å²) in [4.78, 5) is 2.59. The van der Waals surface area contributed by atoms with E-state index in [9.17, 15) is 0 Å². The minimum absolute atomic E-state index is 0.328. The molecule has 0 aliphatic heterocycles. The molecule has 1 unspecified atom stereocenters. The van der Waals surface area contributed by atoms with Gasteiger partial charge in [0.25, 0.3) is 0 Å². The lowest BCUT2D eigenvalue weighted by atomic mass is 10.2. The first-order valence-electron chi connectivity index (χ1n) is 5.76. The minimum atomic E-state index is 0.328. The number of nitrogens with zero attached hydrogens (tertiary/aromatic N) is 1. The van der Waals surface area contributed by atoms with Gasteiger partial charge in [-0.25, -0.2) is 0 Å². The second kappa shape index (κ2) is 5.10. The van der Waals surface area contributed by atoms with E-state index < -0.39 is 0 Å². The first-order chi connectivity index (χ1) is 7.25. The molecule has 3 heteroatoms. The van der Waals surface area contributed by atoms with Crippen molar-refractivity contribution in [3.8, 4) is 0 Å². The third-order valence-electron chi connectivity index (χ3n) is 2.90. The van der Waals surface area contributed by atoms with Gasteiger partial charge in [-0.2, -0.15) is 11.3 Å². The molecule has 0 bridgehead atoms. The van der Waals surface area contributed by atoms with Crippen LogP contribution in [-0.2, 0) is 6.54 Å². The second-order valence-corrected chi connectivity index (χ2v) is 5.38. The molecule has 15 heavy (non-hydrogen) atoms. The van der Waals surface area contributed by atoms with Crippen LogP contribution in [0.1, 0.15) is 31.7 Å². The fourth-order valence-electron chi connectivity index (χ4n) is 1.82. The maximum atomic E-state index is 5.81. The van der Waals surface area contributed by atoms with Gasteiger partial charge in [0, 0.05) is 25.2 Å². The average molecular weight is 224 g/mol. The Morgan fingerprint density at radius 1 is 1.60 bits per heavy atom. The maximum Gasteiger partial charge on any atom is 0.0244 e. The van der Waals surface area contributed by atoms with E-state index in [0.717, 1.165) is 25.6 Å². The molecule has 2 rings (SSSR count). The molecular weight excluding hydrogens is 204 g/mol. The first-order valence-corrected chi connectivity index (χ1v) is 6.70. The van der Waals surface area contributed by atoms with Crippen LogP contribution in [0, 0.1) is 0 Å². The highest BCUT2D eigenvalue weighted by molar-refractivity contribution is 7.07. The molecule has 1 aliphatic carbocycles. The van der Waals surface area contributed by atoms with Crippen molar-refractivity contribution in [1.29, 1.82) is 0 Å². The van der Waals surface area contributed by atoms with Crippen molar-refractivity contribution in [1.82, 2.24) is 4.90 Å². The predicted octanol–water partition coefficient (Wildman–Crippen LogP) is 2.45. The van der Waals surface area contributed by atoms with Crippen molar-refractivity contribution >= 4 is 11.3 Å². The summed E-state index contributed by atoms with van der Waals surface area (Å²) in [5, 5.41) is 4.41. The minimum Gasteiger partial charge on any atom is -0.328 e. The third-order valence-corrected chi connectivity index (χ3v) is 3.63. The summed E-state index contributed by atoms with van der Waals surface area (Å²) in [6, 6.07) is 3.39. The number of hydrogen-bond donors (Lipinski definition) is 1. The van der Waals surface area contributed by atoms with E-state index in [1.54, 1.807) is 11.3 Å². The van der Waals surface area contributed by atoms with Crippen molar-refractivity contribution in [2.45, 2.75) is 44.8 Å². The Balaban J connectivity index is 1.83. The van der Waals surface area contributed by atoms with Gasteiger partial charge in [0.1, 0.15) is 0 Å². The summed E-state index contributed by atoms with van der Waals surface area (Å²) in [5.41, 5.74) is 7.27. The molecule has 1 fully saturated rings. The van der Waals surface area contributed by atoms with Crippen LogP contribution >= 0.6 is 11.3 Å². The van der Waals surface area contributed by atoms with Crippen LogP contribution in [0.5, 0.6) is 0 Å². The third kappa shape index (κ3) is 3.59. The number of hydrogen-bond acceptors (Lipinski definition) is 3. The molecule has 1 heterocycles. The largest absolute Gasteiger partial charge is 0.328 e. The molecule has 0 aromatic carbocycles. The molecule has 2 N–H and O–H groups in total. The van der Waals surface area contributed by atoms with Crippen LogP contribution < -0.4 is 5.73 Å². The Hall–Kier alpha value is -0.380. The topological polar surface area (TPSA) is 29.3 Å². The zero-order chi connectivity index (χ0) is 10.7. The molecule has 1 aromatic heterocycles. The normalized spacial score (nSPS) is 18.3. The van der Waals surface area contributed by atoms with E-state index in [1.165, 1.54) is 18.4 Å². The van der Waals surface area contributed by atoms with Crippen molar-refractivity contribution in [3.63, 3.8) is 0 Å². The molecule has 0 radical (unpaired) electrons. The molecule has 84 valence electrons. The van der Waals surface area contributed by atoms with Crippen molar-refractivity contribution in [2.75, 3.05) is 6.54 Å². The lowest BCUT2D eigenvalue weighted by molar-refractivity contribution is 0.246. The van der Waals surface area contributed by atoms with Crippen LogP contribution in [-0.4, -0.2) is 23.5 Å². The highest BCUT2D eigenvalue weighted by Crippen LogP contribution is 2.28. The van der Waals surface area contributed by atoms with Crippen LogP contribution in [0.4, 0.5) is 0 Å². The predicted molar refractivity (Wildman–Crippen MR) is 66.0 cm³/mol. The summed E-state index contributed by atoms with van der Waals surface area (Å²) in [6.45, 7) is 4.36. The SMILES string of the molecule is CC(N)CCN(Cc1ccsc1)C1CC1. The summed E-state index contributed by atoms with van der Waals surface area (Å²) in [7, 11) is 0. The molecule has 0 saturated heterocycles. The highest BCUT2D eigenvalue weighted by Gasteiger charge is 2.28. The highest BCUT2D eigenvalue weighted by atomic mass is 32.1.